The molecule has 0 atom stereocenters. The van der Waals surface area contributed by atoms with Gasteiger partial charge >= 0.3 is 0 Å². The fraction of sp³-hybridized carbons (Fsp3) is 0.643. The quantitative estimate of drug-likeness (QED) is 0.361. The molecule has 0 heterocycles. The average molecular weight is 223 g/mol. The lowest BCUT2D eigenvalue weighted by molar-refractivity contribution is -0.116. The van der Waals surface area contributed by atoms with E-state index in [0.29, 0.717) is 0 Å². The molecule has 0 spiro atoms. The molecule has 0 radical (unpaired) electrons. The number of unbranched alkanes of at least 4 members (excludes halogenated alkanes) is 5. The van der Waals surface area contributed by atoms with E-state index in [1.54, 1.807) is 12.2 Å². The third-order valence-electron chi connectivity index (χ3n) is 2.38. The third-order valence-corrected chi connectivity index (χ3v) is 2.38. The molecule has 0 aromatic rings. The Morgan fingerprint density at radius 3 is 2.44 bits per heavy atom. The lowest BCUT2D eigenvalue weighted by atomic mass is 10.1. The van der Waals surface area contributed by atoms with Gasteiger partial charge in [0.15, 0.2) is 0 Å². The van der Waals surface area contributed by atoms with E-state index in [1.807, 2.05) is 19.1 Å². The summed E-state index contributed by atoms with van der Waals surface area (Å²) in [5.41, 5.74) is 0. The fourth-order valence-electron chi connectivity index (χ4n) is 1.43. The molecule has 16 heavy (non-hydrogen) atoms. The van der Waals surface area contributed by atoms with Gasteiger partial charge in [0.1, 0.15) is 0 Å². The molecule has 1 amide bonds. The number of carbonyl (C=O) groups excluding carboxylic acids is 1. The Morgan fingerprint density at radius 1 is 1.06 bits per heavy atom. The van der Waals surface area contributed by atoms with Gasteiger partial charge in [-0.15, -0.1) is 0 Å². The molecule has 2 heteroatoms. The van der Waals surface area contributed by atoms with Crippen molar-refractivity contribution in [1.82, 2.24) is 5.32 Å². The van der Waals surface area contributed by atoms with Crippen molar-refractivity contribution in [2.45, 2.75) is 52.4 Å². The number of rotatable bonds is 9. The van der Waals surface area contributed by atoms with Crippen LogP contribution in [-0.4, -0.2) is 12.5 Å². The molecule has 0 aliphatic heterocycles. The van der Waals surface area contributed by atoms with E-state index in [1.165, 1.54) is 32.1 Å². The van der Waals surface area contributed by atoms with Gasteiger partial charge in [-0.05, 0) is 13.3 Å². The molecule has 1 N–H and O–H groups in total. The minimum absolute atomic E-state index is 0.00616. The lowest BCUT2D eigenvalue weighted by Gasteiger charge is -2.02. The zero-order valence-corrected chi connectivity index (χ0v) is 10.7. The van der Waals surface area contributed by atoms with E-state index < -0.39 is 0 Å². The van der Waals surface area contributed by atoms with Crippen molar-refractivity contribution < 1.29 is 4.79 Å². The summed E-state index contributed by atoms with van der Waals surface area (Å²) in [7, 11) is 0. The summed E-state index contributed by atoms with van der Waals surface area (Å²) in [6, 6.07) is 0. The summed E-state index contributed by atoms with van der Waals surface area (Å²) in [5.74, 6) is 0.00616. The number of hydrogen-bond acceptors (Lipinski definition) is 1. The zero-order valence-electron chi connectivity index (χ0n) is 10.7. The first-order valence-electron chi connectivity index (χ1n) is 6.38. The maximum Gasteiger partial charge on any atom is 0.243 e. The molecule has 0 aromatic carbocycles. The first-order chi connectivity index (χ1) is 7.81. The fourth-order valence-corrected chi connectivity index (χ4v) is 1.43. The van der Waals surface area contributed by atoms with Gasteiger partial charge in [-0.1, -0.05) is 57.3 Å². The van der Waals surface area contributed by atoms with Crippen molar-refractivity contribution in [3.63, 3.8) is 0 Å². The Hall–Kier alpha value is -1.05. The van der Waals surface area contributed by atoms with E-state index in [2.05, 4.69) is 12.2 Å². The number of nitrogens with one attached hydrogen (secondary N) is 1. The maximum atomic E-state index is 11.2. The highest BCUT2D eigenvalue weighted by molar-refractivity contribution is 5.87. The number of carbonyl (C=O) groups is 1. The van der Waals surface area contributed by atoms with Crippen LogP contribution in [0.5, 0.6) is 0 Å². The van der Waals surface area contributed by atoms with Crippen LogP contribution < -0.4 is 5.32 Å². The van der Waals surface area contributed by atoms with Gasteiger partial charge < -0.3 is 5.32 Å². The SMILES string of the molecule is C/C=C/C=C/C(=O)NCCCCCCCC. The summed E-state index contributed by atoms with van der Waals surface area (Å²) < 4.78 is 0. The van der Waals surface area contributed by atoms with Gasteiger partial charge in [0.05, 0.1) is 0 Å². The molecule has 92 valence electrons. The maximum absolute atomic E-state index is 11.2. The van der Waals surface area contributed by atoms with Crippen molar-refractivity contribution >= 4 is 5.91 Å². The van der Waals surface area contributed by atoms with Crippen LogP contribution in [0.1, 0.15) is 52.4 Å². The molecule has 0 unspecified atom stereocenters. The van der Waals surface area contributed by atoms with Crippen LogP contribution in [0, 0.1) is 0 Å². The molecule has 2 nitrogen and oxygen atoms in total. The van der Waals surface area contributed by atoms with Crippen LogP contribution >= 0.6 is 0 Å². The highest BCUT2D eigenvalue weighted by Crippen LogP contribution is 2.03. The number of amides is 1. The smallest absolute Gasteiger partial charge is 0.243 e. The molecule has 0 aromatic heterocycles. The molecule has 0 aliphatic carbocycles. The molecular formula is C14H25NO. The molecular weight excluding hydrogens is 198 g/mol. The van der Waals surface area contributed by atoms with E-state index in [0.717, 1.165) is 13.0 Å². The van der Waals surface area contributed by atoms with Crippen LogP contribution in [-0.2, 0) is 4.79 Å². The van der Waals surface area contributed by atoms with Gasteiger partial charge in [-0.25, -0.2) is 0 Å². The zero-order chi connectivity index (χ0) is 12.1. The summed E-state index contributed by atoms with van der Waals surface area (Å²) >= 11 is 0. The first-order valence-corrected chi connectivity index (χ1v) is 6.38. The van der Waals surface area contributed by atoms with E-state index in [9.17, 15) is 4.79 Å². The minimum atomic E-state index is 0.00616. The van der Waals surface area contributed by atoms with Crippen molar-refractivity contribution in [3.8, 4) is 0 Å². The predicted molar refractivity (Wildman–Crippen MR) is 70.3 cm³/mol. The Balaban J connectivity index is 3.28. The molecule has 0 aliphatic rings. The second-order valence-corrected chi connectivity index (χ2v) is 3.94. The lowest BCUT2D eigenvalue weighted by Crippen LogP contribution is -2.21. The van der Waals surface area contributed by atoms with Gasteiger partial charge in [0.25, 0.3) is 0 Å². The third kappa shape index (κ3) is 11.0. The Kier molecular flexibility index (Phi) is 11.2. The second kappa shape index (κ2) is 12.0. The van der Waals surface area contributed by atoms with Gasteiger partial charge in [0.2, 0.25) is 5.91 Å². The van der Waals surface area contributed by atoms with Crippen molar-refractivity contribution in [1.29, 1.82) is 0 Å². The monoisotopic (exact) mass is 223 g/mol. The number of hydrogen-bond donors (Lipinski definition) is 1. The van der Waals surface area contributed by atoms with Crippen LogP contribution in [0.2, 0.25) is 0 Å². The molecule has 0 bridgehead atoms. The van der Waals surface area contributed by atoms with Crippen molar-refractivity contribution in [2.75, 3.05) is 6.54 Å². The van der Waals surface area contributed by atoms with Crippen LogP contribution in [0.25, 0.3) is 0 Å². The topological polar surface area (TPSA) is 29.1 Å². The van der Waals surface area contributed by atoms with Gasteiger partial charge in [-0.2, -0.15) is 0 Å². The molecule has 0 saturated carbocycles. The van der Waals surface area contributed by atoms with Gasteiger partial charge in [-0.3, -0.25) is 4.79 Å². The van der Waals surface area contributed by atoms with E-state index in [-0.39, 0.29) is 5.91 Å². The van der Waals surface area contributed by atoms with Crippen LogP contribution in [0.15, 0.2) is 24.3 Å². The summed E-state index contributed by atoms with van der Waals surface area (Å²) in [6.45, 7) is 4.95. The average Bonchev–Trinajstić information content (AvgIpc) is 2.28. The molecule has 0 rings (SSSR count). The standard InChI is InChI=1S/C14H25NO/c1-3-5-7-8-9-11-13-15-14(16)12-10-6-4-2/h4,6,10,12H,3,5,7-9,11,13H2,1-2H3,(H,15,16)/b6-4+,12-10+. The summed E-state index contributed by atoms with van der Waals surface area (Å²) in [4.78, 5) is 11.2. The van der Waals surface area contributed by atoms with Crippen LogP contribution in [0.4, 0.5) is 0 Å². The Labute approximate surface area is 99.8 Å². The Bertz CT molecular complexity index is 219. The van der Waals surface area contributed by atoms with Crippen molar-refractivity contribution in [2.24, 2.45) is 0 Å². The molecule has 0 fully saturated rings. The summed E-state index contributed by atoms with van der Waals surface area (Å²) in [5, 5.41) is 2.87. The highest BCUT2D eigenvalue weighted by atomic mass is 16.1. The minimum Gasteiger partial charge on any atom is -0.353 e. The first kappa shape index (κ1) is 14.9. The van der Waals surface area contributed by atoms with Crippen LogP contribution in [0.3, 0.4) is 0 Å². The second-order valence-electron chi connectivity index (χ2n) is 3.94. The van der Waals surface area contributed by atoms with E-state index >= 15 is 0 Å². The van der Waals surface area contributed by atoms with Crippen molar-refractivity contribution in [3.05, 3.63) is 24.3 Å². The predicted octanol–water partition coefficient (Wildman–Crippen LogP) is 3.60. The Morgan fingerprint density at radius 2 is 1.75 bits per heavy atom. The van der Waals surface area contributed by atoms with Gasteiger partial charge in [0, 0.05) is 12.6 Å². The number of allylic oxidation sites excluding steroid dienone is 3. The highest BCUT2D eigenvalue weighted by Gasteiger charge is 1.93. The summed E-state index contributed by atoms with van der Waals surface area (Å²) in [6.07, 6.45) is 14.6. The van der Waals surface area contributed by atoms with E-state index in [4.69, 9.17) is 0 Å². The normalized spacial score (nSPS) is 11.4. The molecule has 0 saturated heterocycles. The largest absolute Gasteiger partial charge is 0.353 e.